The summed E-state index contributed by atoms with van der Waals surface area (Å²) in [6.45, 7) is 3.59. The average molecular weight is 380 g/mol. The maximum atomic E-state index is 12.4. The Morgan fingerprint density at radius 1 is 1.24 bits per heavy atom. The molecule has 1 aromatic carbocycles. The van der Waals surface area contributed by atoms with E-state index in [9.17, 15) is 13.2 Å². The van der Waals surface area contributed by atoms with Crippen LogP contribution in [0.1, 0.15) is 30.5 Å². The lowest BCUT2D eigenvalue weighted by Gasteiger charge is -2.14. The number of sulfonamides is 1. The number of amides is 1. The summed E-state index contributed by atoms with van der Waals surface area (Å²) in [4.78, 5) is 18.4. The lowest BCUT2D eigenvalue weighted by molar-refractivity contribution is -0.130. The quantitative estimate of drug-likeness (QED) is 0.837. The number of rotatable bonds is 6. The first-order valence-corrected chi connectivity index (χ1v) is 10.6. The number of carbonyl (C=O) groups is 1. The molecule has 1 aliphatic heterocycles. The first kappa shape index (κ1) is 17.9. The fourth-order valence-electron chi connectivity index (χ4n) is 2.72. The fraction of sp³-hybridized carbons (Fsp3) is 0.412. The van der Waals surface area contributed by atoms with E-state index in [4.69, 9.17) is 0 Å². The molecular formula is C17H21N3O3S2. The number of carbonyl (C=O) groups excluding carboxylic acids is 1. The molecule has 2 heterocycles. The number of benzene rings is 1. The SMILES string of the molecule is Cc1ccc(S(=O)(=O)Nc2nc(CCC(=O)N3CCCC3)cs2)cc1. The zero-order valence-corrected chi connectivity index (χ0v) is 15.7. The molecule has 1 amide bonds. The number of hydrogen-bond acceptors (Lipinski definition) is 5. The number of thiazole rings is 1. The number of anilines is 1. The molecule has 0 radical (unpaired) electrons. The Morgan fingerprint density at radius 2 is 1.92 bits per heavy atom. The van der Waals surface area contributed by atoms with Crippen LogP contribution in [0, 0.1) is 6.92 Å². The van der Waals surface area contributed by atoms with E-state index in [1.165, 1.54) is 11.3 Å². The minimum absolute atomic E-state index is 0.146. The van der Waals surface area contributed by atoms with Gasteiger partial charge in [0, 0.05) is 24.9 Å². The lowest BCUT2D eigenvalue weighted by atomic mass is 10.2. The smallest absolute Gasteiger partial charge is 0.263 e. The van der Waals surface area contributed by atoms with Gasteiger partial charge in [0.1, 0.15) is 0 Å². The van der Waals surface area contributed by atoms with E-state index in [2.05, 4.69) is 9.71 Å². The van der Waals surface area contributed by atoms with E-state index in [-0.39, 0.29) is 10.8 Å². The van der Waals surface area contributed by atoms with Gasteiger partial charge in [-0.3, -0.25) is 9.52 Å². The summed E-state index contributed by atoms with van der Waals surface area (Å²) < 4.78 is 27.2. The Labute approximate surface area is 151 Å². The molecule has 2 aromatic rings. The summed E-state index contributed by atoms with van der Waals surface area (Å²) in [5, 5.41) is 2.12. The molecule has 6 nitrogen and oxygen atoms in total. The molecule has 1 aromatic heterocycles. The summed E-state index contributed by atoms with van der Waals surface area (Å²) in [6.07, 6.45) is 3.09. The van der Waals surface area contributed by atoms with Gasteiger partial charge in [-0.05, 0) is 38.3 Å². The van der Waals surface area contributed by atoms with Gasteiger partial charge in [0.05, 0.1) is 10.6 Å². The summed E-state index contributed by atoms with van der Waals surface area (Å²) >= 11 is 1.23. The summed E-state index contributed by atoms with van der Waals surface area (Å²) in [6, 6.07) is 6.65. The second-order valence-corrected chi connectivity index (χ2v) is 8.69. The molecule has 1 fully saturated rings. The van der Waals surface area contributed by atoms with Crippen LogP contribution in [-0.2, 0) is 21.2 Å². The van der Waals surface area contributed by atoms with Crippen molar-refractivity contribution in [2.45, 2.75) is 37.5 Å². The van der Waals surface area contributed by atoms with Gasteiger partial charge < -0.3 is 4.90 Å². The molecule has 0 spiro atoms. The van der Waals surface area contributed by atoms with Gasteiger partial charge in [-0.25, -0.2) is 13.4 Å². The van der Waals surface area contributed by atoms with Gasteiger partial charge in [0.2, 0.25) is 5.91 Å². The summed E-state index contributed by atoms with van der Waals surface area (Å²) in [5.41, 5.74) is 1.73. The van der Waals surface area contributed by atoms with Crippen LogP contribution in [0.4, 0.5) is 5.13 Å². The number of nitrogens with one attached hydrogen (secondary N) is 1. The van der Waals surface area contributed by atoms with Crippen LogP contribution in [0.25, 0.3) is 0 Å². The average Bonchev–Trinajstić information content (AvgIpc) is 3.24. The number of hydrogen-bond donors (Lipinski definition) is 1. The second-order valence-electron chi connectivity index (χ2n) is 6.15. The lowest BCUT2D eigenvalue weighted by Crippen LogP contribution is -2.27. The highest BCUT2D eigenvalue weighted by molar-refractivity contribution is 7.93. The van der Waals surface area contributed by atoms with Crippen LogP contribution in [0.15, 0.2) is 34.5 Å². The highest BCUT2D eigenvalue weighted by atomic mass is 32.2. The summed E-state index contributed by atoms with van der Waals surface area (Å²) in [7, 11) is -3.64. The Bertz CT molecular complexity index is 838. The molecule has 0 saturated carbocycles. The van der Waals surface area contributed by atoms with Gasteiger partial charge in [-0.2, -0.15) is 0 Å². The van der Waals surface area contributed by atoms with E-state index in [1.807, 2.05) is 11.8 Å². The van der Waals surface area contributed by atoms with Crippen LogP contribution in [0.3, 0.4) is 0 Å². The highest BCUT2D eigenvalue weighted by Crippen LogP contribution is 2.21. The van der Waals surface area contributed by atoms with Crippen molar-refractivity contribution in [3.8, 4) is 0 Å². The van der Waals surface area contributed by atoms with Crippen LogP contribution in [0.5, 0.6) is 0 Å². The molecule has 1 saturated heterocycles. The Kier molecular flexibility index (Phi) is 5.39. The number of nitrogens with zero attached hydrogens (tertiary/aromatic N) is 2. The molecule has 134 valence electrons. The maximum absolute atomic E-state index is 12.4. The number of likely N-dealkylation sites (tertiary alicyclic amines) is 1. The number of aryl methyl sites for hydroxylation is 2. The topological polar surface area (TPSA) is 79.4 Å². The Morgan fingerprint density at radius 3 is 2.60 bits per heavy atom. The molecule has 1 N–H and O–H groups in total. The Balaban J connectivity index is 1.59. The third kappa shape index (κ3) is 4.58. The van der Waals surface area contributed by atoms with Crippen molar-refractivity contribution in [1.29, 1.82) is 0 Å². The van der Waals surface area contributed by atoms with Gasteiger partial charge >= 0.3 is 0 Å². The van der Waals surface area contributed by atoms with Crippen molar-refractivity contribution in [3.05, 3.63) is 40.9 Å². The van der Waals surface area contributed by atoms with Crippen molar-refractivity contribution >= 4 is 32.4 Å². The first-order chi connectivity index (χ1) is 11.9. The molecule has 0 unspecified atom stereocenters. The normalized spacial score (nSPS) is 14.7. The second kappa shape index (κ2) is 7.53. The fourth-order valence-corrected chi connectivity index (χ4v) is 4.72. The van der Waals surface area contributed by atoms with Gasteiger partial charge in [0.25, 0.3) is 10.0 Å². The van der Waals surface area contributed by atoms with Crippen LogP contribution in [-0.4, -0.2) is 37.3 Å². The van der Waals surface area contributed by atoms with Crippen LogP contribution in [0.2, 0.25) is 0 Å². The van der Waals surface area contributed by atoms with Gasteiger partial charge in [-0.1, -0.05) is 17.7 Å². The first-order valence-electron chi connectivity index (χ1n) is 8.26. The molecular weight excluding hydrogens is 358 g/mol. The molecule has 1 aliphatic rings. The predicted octanol–water partition coefficient (Wildman–Crippen LogP) is 2.81. The molecule has 0 atom stereocenters. The van der Waals surface area contributed by atoms with Crippen molar-refractivity contribution < 1.29 is 13.2 Å². The molecule has 0 aliphatic carbocycles. The molecule has 0 bridgehead atoms. The summed E-state index contributed by atoms with van der Waals surface area (Å²) in [5.74, 6) is 0.146. The molecule has 8 heteroatoms. The van der Waals surface area contributed by atoms with Crippen molar-refractivity contribution in [2.75, 3.05) is 17.8 Å². The van der Waals surface area contributed by atoms with E-state index >= 15 is 0 Å². The monoisotopic (exact) mass is 379 g/mol. The predicted molar refractivity (Wildman–Crippen MR) is 98.2 cm³/mol. The van der Waals surface area contributed by atoms with Crippen molar-refractivity contribution in [3.63, 3.8) is 0 Å². The van der Waals surface area contributed by atoms with Gasteiger partial charge in [-0.15, -0.1) is 11.3 Å². The minimum Gasteiger partial charge on any atom is -0.343 e. The van der Waals surface area contributed by atoms with E-state index in [1.54, 1.807) is 29.6 Å². The van der Waals surface area contributed by atoms with Gasteiger partial charge in [0.15, 0.2) is 5.13 Å². The number of aromatic nitrogens is 1. The van der Waals surface area contributed by atoms with Crippen LogP contribution < -0.4 is 4.72 Å². The minimum atomic E-state index is -3.64. The molecule has 3 rings (SSSR count). The third-order valence-electron chi connectivity index (χ3n) is 4.16. The van der Waals surface area contributed by atoms with Crippen LogP contribution >= 0.6 is 11.3 Å². The zero-order valence-electron chi connectivity index (χ0n) is 14.1. The van der Waals surface area contributed by atoms with E-state index < -0.39 is 10.0 Å². The largest absolute Gasteiger partial charge is 0.343 e. The maximum Gasteiger partial charge on any atom is 0.263 e. The van der Waals surface area contributed by atoms with E-state index in [0.717, 1.165) is 37.2 Å². The Hall–Kier alpha value is -1.93. The highest BCUT2D eigenvalue weighted by Gasteiger charge is 2.19. The van der Waals surface area contributed by atoms with E-state index in [0.29, 0.717) is 18.0 Å². The standard InChI is InChI=1S/C17H21N3O3S2/c1-13-4-7-15(8-5-13)25(22,23)19-17-18-14(12-24-17)6-9-16(21)20-10-2-3-11-20/h4-5,7-8,12H,2-3,6,9-11H2,1H3,(H,18,19). The van der Waals surface area contributed by atoms with Crippen molar-refractivity contribution in [1.82, 2.24) is 9.88 Å². The zero-order chi connectivity index (χ0) is 17.9. The third-order valence-corrected chi connectivity index (χ3v) is 6.45. The van der Waals surface area contributed by atoms with Crippen molar-refractivity contribution in [2.24, 2.45) is 0 Å². The molecule has 25 heavy (non-hydrogen) atoms.